The van der Waals surface area contributed by atoms with Gasteiger partial charge in [-0.2, -0.15) is 0 Å². The summed E-state index contributed by atoms with van der Waals surface area (Å²) in [6, 6.07) is 9.43. The summed E-state index contributed by atoms with van der Waals surface area (Å²) in [5.41, 5.74) is 2.86. The van der Waals surface area contributed by atoms with E-state index in [4.69, 9.17) is 4.74 Å². The molecule has 0 amide bonds. The van der Waals surface area contributed by atoms with Gasteiger partial charge in [0.1, 0.15) is 5.75 Å². The van der Waals surface area contributed by atoms with Crippen LogP contribution < -0.4 is 4.74 Å². The Hall–Kier alpha value is -1.55. The number of hydrogen-bond acceptors (Lipinski definition) is 2. The number of ketones is 1. The molecule has 3 nitrogen and oxygen atoms in total. The van der Waals surface area contributed by atoms with Crippen molar-refractivity contribution in [3.63, 3.8) is 0 Å². The minimum absolute atomic E-state index is 0.0118. The SMILES string of the molecule is CCn1c(C)cc(C(=O)COc2cccc(Br)c2)c1C. The van der Waals surface area contributed by atoms with E-state index >= 15 is 0 Å². The molecule has 4 heteroatoms. The minimum Gasteiger partial charge on any atom is -0.485 e. The van der Waals surface area contributed by atoms with Crippen LogP contribution >= 0.6 is 15.9 Å². The second kappa shape index (κ2) is 6.27. The molecule has 0 bridgehead atoms. The Bertz CT molecular complexity index is 631. The Morgan fingerprint density at radius 1 is 1.30 bits per heavy atom. The smallest absolute Gasteiger partial charge is 0.202 e. The highest BCUT2D eigenvalue weighted by molar-refractivity contribution is 9.10. The molecule has 1 aromatic carbocycles. The van der Waals surface area contributed by atoms with Crippen molar-refractivity contribution >= 4 is 21.7 Å². The molecule has 1 aromatic heterocycles. The molecule has 0 aliphatic heterocycles. The fraction of sp³-hybridized carbons (Fsp3) is 0.312. The van der Waals surface area contributed by atoms with Gasteiger partial charge >= 0.3 is 0 Å². The zero-order chi connectivity index (χ0) is 14.7. The second-order valence-corrected chi connectivity index (χ2v) is 5.61. The van der Waals surface area contributed by atoms with Crippen molar-refractivity contribution in [3.05, 3.63) is 51.8 Å². The van der Waals surface area contributed by atoms with Gasteiger partial charge in [-0.05, 0) is 45.0 Å². The highest BCUT2D eigenvalue weighted by Crippen LogP contribution is 2.19. The molecular formula is C16H18BrNO2. The predicted octanol–water partition coefficient (Wildman–Crippen LogP) is 4.15. The molecule has 0 aliphatic carbocycles. The molecule has 1 heterocycles. The number of halogens is 1. The van der Waals surface area contributed by atoms with E-state index in [0.717, 1.165) is 28.0 Å². The molecular weight excluding hydrogens is 318 g/mol. The van der Waals surface area contributed by atoms with Crippen molar-refractivity contribution in [2.24, 2.45) is 0 Å². The molecule has 0 aliphatic rings. The third kappa shape index (κ3) is 3.12. The molecule has 0 fully saturated rings. The number of nitrogens with zero attached hydrogens (tertiary/aromatic N) is 1. The lowest BCUT2D eigenvalue weighted by Gasteiger charge is -2.07. The molecule has 0 saturated carbocycles. The second-order valence-electron chi connectivity index (χ2n) is 4.70. The lowest BCUT2D eigenvalue weighted by Crippen LogP contribution is -2.12. The monoisotopic (exact) mass is 335 g/mol. The summed E-state index contributed by atoms with van der Waals surface area (Å²) < 4.78 is 8.62. The van der Waals surface area contributed by atoms with Gasteiger partial charge in [-0.25, -0.2) is 0 Å². The van der Waals surface area contributed by atoms with Gasteiger partial charge in [-0.1, -0.05) is 22.0 Å². The van der Waals surface area contributed by atoms with Gasteiger partial charge in [0.25, 0.3) is 0 Å². The number of carbonyl (C=O) groups is 1. The first-order valence-electron chi connectivity index (χ1n) is 6.61. The number of aromatic nitrogens is 1. The average molecular weight is 336 g/mol. The summed E-state index contributed by atoms with van der Waals surface area (Å²) in [6.07, 6.45) is 0. The Morgan fingerprint density at radius 2 is 2.05 bits per heavy atom. The van der Waals surface area contributed by atoms with E-state index in [1.165, 1.54) is 0 Å². The van der Waals surface area contributed by atoms with Gasteiger partial charge in [-0.15, -0.1) is 0 Å². The first kappa shape index (κ1) is 14.9. The topological polar surface area (TPSA) is 31.2 Å². The number of carbonyl (C=O) groups excluding carboxylic acids is 1. The van der Waals surface area contributed by atoms with Crippen LogP contribution in [0.25, 0.3) is 0 Å². The van der Waals surface area contributed by atoms with Crippen LogP contribution in [0.1, 0.15) is 28.7 Å². The Labute approximate surface area is 127 Å². The Morgan fingerprint density at radius 3 is 2.65 bits per heavy atom. The number of benzene rings is 1. The normalized spacial score (nSPS) is 10.6. The van der Waals surface area contributed by atoms with E-state index in [0.29, 0.717) is 5.75 Å². The molecule has 0 saturated heterocycles. The van der Waals surface area contributed by atoms with Crippen LogP contribution in [0.5, 0.6) is 5.75 Å². The van der Waals surface area contributed by atoms with Crippen molar-refractivity contribution in [1.82, 2.24) is 4.57 Å². The number of hydrogen-bond donors (Lipinski definition) is 0. The van der Waals surface area contributed by atoms with Gasteiger partial charge < -0.3 is 9.30 Å². The van der Waals surface area contributed by atoms with Crippen molar-refractivity contribution in [3.8, 4) is 5.75 Å². The van der Waals surface area contributed by atoms with Gasteiger partial charge in [-0.3, -0.25) is 4.79 Å². The van der Waals surface area contributed by atoms with E-state index < -0.39 is 0 Å². The molecule has 2 rings (SSSR count). The van der Waals surface area contributed by atoms with E-state index in [2.05, 4.69) is 27.4 Å². The molecule has 2 aromatic rings. The number of rotatable bonds is 5. The summed E-state index contributed by atoms with van der Waals surface area (Å²) in [6.45, 7) is 7.00. The van der Waals surface area contributed by atoms with Crippen LogP contribution in [0.3, 0.4) is 0 Å². The van der Waals surface area contributed by atoms with Crippen LogP contribution in [-0.4, -0.2) is 17.0 Å². The fourth-order valence-corrected chi connectivity index (χ4v) is 2.73. The standard InChI is InChI=1S/C16H18BrNO2/c1-4-18-11(2)8-15(12(18)3)16(19)10-20-14-7-5-6-13(17)9-14/h5-9H,4,10H2,1-3H3. The third-order valence-electron chi connectivity index (χ3n) is 3.36. The van der Waals surface area contributed by atoms with Crippen molar-refractivity contribution in [2.45, 2.75) is 27.3 Å². The van der Waals surface area contributed by atoms with Crippen LogP contribution in [0, 0.1) is 13.8 Å². The van der Waals surface area contributed by atoms with Gasteiger partial charge in [0, 0.05) is 28.0 Å². The quantitative estimate of drug-likeness (QED) is 0.768. The molecule has 106 valence electrons. The van der Waals surface area contributed by atoms with E-state index in [1.807, 2.05) is 44.2 Å². The molecule has 0 unspecified atom stereocenters. The zero-order valence-electron chi connectivity index (χ0n) is 11.9. The third-order valence-corrected chi connectivity index (χ3v) is 3.85. The van der Waals surface area contributed by atoms with Crippen molar-refractivity contribution in [1.29, 1.82) is 0 Å². The molecule has 0 spiro atoms. The first-order chi connectivity index (χ1) is 9.52. The zero-order valence-corrected chi connectivity index (χ0v) is 13.5. The summed E-state index contributed by atoms with van der Waals surface area (Å²) in [4.78, 5) is 12.3. The van der Waals surface area contributed by atoms with Crippen molar-refractivity contribution < 1.29 is 9.53 Å². The molecule has 0 radical (unpaired) electrons. The maximum Gasteiger partial charge on any atom is 0.202 e. The lowest BCUT2D eigenvalue weighted by atomic mass is 10.1. The highest BCUT2D eigenvalue weighted by Gasteiger charge is 2.15. The largest absolute Gasteiger partial charge is 0.485 e. The lowest BCUT2D eigenvalue weighted by molar-refractivity contribution is 0.0920. The van der Waals surface area contributed by atoms with Gasteiger partial charge in [0.15, 0.2) is 6.61 Å². The molecule has 0 atom stereocenters. The maximum atomic E-state index is 12.3. The number of ether oxygens (including phenoxy) is 1. The number of Topliss-reactive ketones (excluding diaryl/α,β-unsaturated/α-hetero) is 1. The van der Waals surface area contributed by atoms with E-state index in [1.54, 1.807) is 0 Å². The number of aryl methyl sites for hydroxylation is 1. The fourth-order valence-electron chi connectivity index (χ4n) is 2.35. The van der Waals surface area contributed by atoms with Gasteiger partial charge in [0.05, 0.1) is 0 Å². The molecule has 20 heavy (non-hydrogen) atoms. The summed E-state index contributed by atoms with van der Waals surface area (Å²) in [5.74, 6) is 0.704. The van der Waals surface area contributed by atoms with Crippen LogP contribution in [0.15, 0.2) is 34.8 Å². The Kier molecular flexibility index (Phi) is 4.65. The minimum atomic E-state index is 0.0118. The van der Waals surface area contributed by atoms with E-state index in [-0.39, 0.29) is 12.4 Å². The highest BCUT2D eigenvalue weighted by atomic mass is 79.9. The summed E-state index contributed by atoms with van der Waals surface area (Å²) in [5, 5.41) is 0. The van der Waals surface area contributed by atoms with E-state index in [9.17, 15) is 4.79 Å². The maximum absolute atomic E-state index is 12.3. The van der Waals surface area contributed by atoms with Gasteiger partial charge in [0.2, 0.25) is 5.78 Å². The van der Waals surface area contributed by atoms with Crippen LogP contribution in [0.2, 0.25) is 0 Å². The van der Waals surface area contributed by atoms with Crippen LogP contribution in [-0.2, 0) is 6.54 Å². The summed E-state index contributed by atoms with van der Waals surface area (Å²) in [7, 11) is 0. The first-order valence-corrected chi connectivity index (χ1v) is 7.40. The Balaban J connectivity index is 2.09. The average Bonchev–Trinajstić information content (AvgIpc) is 2.71. The summed E-state index contributed by atoms with van der Waals surface area (Å²) >= 11 is 3.38. The molecule has 0 N–H and O–H groups in total. The predicted molar refractivity (Wildman–Crippen MR) is 83.5 cm³/mol. The van der Waals surface area contributed by atoms with Crippen LogP contribution in [0.4, 0.5) is 0 Å². The van der Waals surface area contributed by atoms with Crippen molar-refractivity contribution in [2.75, 3.05) is 6.61 Å².